The van der Waals surface area contributed by atoms with E-state index in [0.717, 1.165) is 13.1 Å². The maximum atomic E-state index is 5.64. The van der Waals surface area contributed by atoms with Gasteiger partial charge in [-0.3, -0.25) is 0 Å². The third-order valence-electron chi connectivity index (χ3n) is 5.13. The molecule has 1 aliphatic carbocycles. The Bertz CT molecular complexity index is 428. The van der Waals surface area contributed by atoms with Gasteiger partial charge in [0.05, 0.1) is 5.60 Å². The molecule has 0 radical (unpaired) electrons. The molecule has 0 atom stereocenters. The largest absolute Gasteiger partial charge is 0.377 e. The van der Waals surface area contributed by atoms with Crippen LogP contribution in [0, 0.1) is 0 Å². The van der Waals surface area contributed by atoms with E-state index in [0.29, 0.717) is 0 Å². The Morgan fingerprint density at radius 2 is 1.76 bits per heavy atom. The Hall–Kier alpha value is -1.06. The van der Waals surface area contributed by atoms with Crippen LogP contribution in [0.25, 0.3) is 0 Å². The maximum absolute atomic E-state index is 5.64. The molecular weight excluding hydrogens is 260 g/mol. The fraction of sp³-hybridized carbons (Fsp3) is 0.667. The summed E-state index contributed by atoms with van der Waals surface area (Å²) >= 11 is 0. The van der Waals surface area contributed by atoms with Crippen LogP contribution in [0.4, 0.5) is 5.69 Å². The smallest absolute Gasteiger partial charge is 0.0802 e. The molecule has 3 nitrogen and oxygen atoms in total. The summed E-state index contributed by atoms with van der Waals surface area (Å²) < 4.78 is 5.64. The molecule has 0 amide bonds. The summed E-state index contributed by atoms with van der Waals surface area (Å²) in [4.78, 5) is 2.51. The third-order valence-corrected chi connectivity index (χ3v) is 5.13. The van der Waals surface area contributed by atoms with E-state index in [1.807, 2.05) is 7.11 Å². The molecule has 0 spiro atoms. The average molecular weight is 288 g/mol. The first kappa shape index (κ1) is 14.9. The van der Waals surface area contributed by atoms with Crippen LogP contribution in [0.3, 0.4) is 0 Å². The molecule has 1 saturated carbocycles. The lowest BCUT2D eigenvalue weighted by atomic mass is 9.80. The van der Waals surface area contributed by atoms with Gasteiger partial charge in [0, 0.05) is 39.0 Å². The van der Waals surface area contributed by atoms with Gasteiger partial charge in [-0.25, -0.2) is 0 Å². The van der Waals surface area contributed by atoms with Crippen molar-refractivity contribution in [2.75, 3.05) is 31.6 Å². The van der Waals surface area contributed by atoms with E-state index in [1.54, 1.807) is 0 Å². The highest BCUT2D eigenvalue weighted by Crippen LogP contribution is 2.34. The molecule has 1 aromatic rings. The van der Waals surface area contributed by atoms with E-state index >= 15 is 0 Å². The van der Waals surface area contributed by atoms with Crippen molar-refractivity contribution >= 4 is 5.69 Å². The molecule has 1 aromatic carbocycles. The van der Waals surface area contributed by atoms with Crippen molar-refractivity contribution in [3.8, 4) is 0 Å². The molecule has 1 aliphatic heterocycles. The first-order valence-corrected chi connectivity index (χ1v) is 8.41. The van der Waals surface area contributed by atoms with Gasteiger partial charge in [0.2, 0.25) is 0 Å². The molecule has 0 aromatic heterocycles. The Balaban J connectivity index is 1.48. The van der Waals surface area contributed by atoms with E-state index in [2.05, 4.69) is 34.5 Å². The number of hydrogen-bond donors (Lipinski definition) is 1. The van der Waals surface area contributed by atoms with Gasteiger partial charge in [-0.2, -0.15) is 0 Å². The van der Waals surface area contributed by atoms with Gasteiger partial charge in [-0.05, 0) is 56.2 Å². The fourth-order valence-corrected chi connectivity index (χ4v) is 3.44. The molecule has 3 rings (SSSR count). The van der Waals surface area contributed by atoms with E-state index < -0.39 is 0 Å². The number of anilines is 1. The monoisotopic (exact) mass is 288 g/mol. The van der Waals surface area contributed by atoms with Crippen molar-refractivity contribution in [2.24, 2.45) is 0 Å². The molecule has 2 aliphatic rings. The second-order valence-corrected chi connectivity index (χ2v) is 6.56. The predicted molar refractivity (Wildman–Crippen MR) is 87.8 cm³/mol. The number of rotatable bonds is 6. The van der Waals surface area contributed by atoms with Crippen LogP contribution in [0.15, 0.2) is 24.3 Å². The number of methoxy groups -OCH3 is 1. The highest BCUT2D eigenvalue weighted by molar-refractivity contribution is 5.47. The van der Waals surface area contributed by atoms with Crippen LogP contribution in [0.1, 0.15) is 44.1 Å². The number of nitrogens with zero attached hydrogens (tertiary/aromatic N) is 1. The van der Waals surface area contributed by atoms with E-state index in [9.17, 15) is 0 Å². The molecule has 116 valence electrons. The van der Waals surface area contributed by atoms with E-state index in [1.165, 1.54) is 62.9 Å². The van der Waals surface area contributed by atoms with Crippen LogP contribution in [-0.4, -0.2) is 32.3 Å². The number of nitrogens with one attached hydrogen (secondary N) is 1. The first-order valence-electron chi connectivity index (χ1n) is 8.41. The molecule has 0 unspecified atom stereocenters. The van der Waals surface area contributed by atoms with Crippen LogP contribution in [-0.2, 0) is 11.3 Å². The first-order chi connectivity index (χ1) is 10.3. The second kappa shape index (κ2) is 6.80. The van der Waals surface area contributed by atoms with Crippen molar-refractivity contribution in [1.29, 1.82) is 0 Å². The Labute approximate surface area is 128 Å². The highest BCUT2D eigenvalue weighted by Gasteiger charge is 2.36. The lowest BCUT2D eigenvalue weighted by Crippen LogP contribution is -2.47. The van der Waals surface area contributed by atoms with E-state index in [4.69, 9.17) is 4.74 Å². The summed E-state index contributed by atoms with van der Waals surface area (Å²) in [6, 6.07) is 9.07. The second-order valence-electron chi connectivity index (χ2n) is 6.56. The molecule has 2 fully saturated rings. The summed E-state index contributed by atoms with van der Waals surface area (Å²) in [5.74, 6) is 0. The van der Waals surface area contributed by atoms with Gasteiger partial charge in [-0.1, -0.05) is 12.1 Å². The van der Waals surface area contributed by atoms with Gasteiger partial charge >= 0.3 is 0 Å². The summed E-state index contributed by atoms with van der Waals surface area (Å²) in [6.07, 6.45) is 7.76. The highest BCUT2D eigenvalue weighted by atomic mass is 16.5. The zero-order valence-electron chi connectivity index (χ0n) is 13.2. The van der Waals surface area contributed by atoms with Crippen molar-refractivity contribution in [2.45, 2.75) is 50.7 Å². The minimum Gasteiger partial charge on any atom is -0.377 e. The third kappa shape index (κ3) is 3.58. The molecule has 1 heterocycles. The normalized spacial score (nSPS) is 21.1. The Morgan fingerprint density at radius 1 is 1.05 bits per heavy atom. The molecule has 0 bridgehead atoms. The Kier molecular flexibility index (Phi) is 4.81. The van der Waals surface area contributed by atoms with E-state index in [-0.39, 0.29) is 5.60 Å². The lowest BCUT2D eigenvalue weighted by molar-refractivity contribution is -0.0695. The standard InChI is InChI=1S/C18H28N2O/c1-21-18(10-5-11-18)15-19-14-16-6-8-17(9-7-16)20-12-3-2-4-13-20/h6-9,19H,2-5,10-15H2,1H3. The van der Waals surface area contributed by atoms with Crippen molar-refractivity contribution < 1.29 is 4.74 Å². The number of benzene rings is 1. The number of piperidine rings is 1. The topological polar surface area (TPSA) is 24.5 Å². The Morgan fingerprint density at radius 3 is 2.33 bits per heavy atom. The number of ether oxygens (including phenoxy) is 1. The van der Waals surface area contributed by atoms with Gasteiger partial charge in [0.25, 0.3) is 0 Å². The molecule has 1 N–H and O–H groups in total. The van der Waals surface area contributed by atoms with Crippen LogP contribution in [0.5, 0.6) is 0 Å². The van der Waals surface area contributed by atoms with Crippen LogP contribution < -0.4 is 10.2 Å². The SMILES string of the molecule is COC1(CNCc2ccc(N3CCCCC3)cc2)CCC1. The average Bonchev–Trinajstić information content (AvgIpc) is 2.51. The van der Waals surface area contributed by atoms with Crippen molar-refractivity contribution in [1.82, 2.24) is 5.32 Å². The zero-order valence-corrected chi connectivity index (χ0v) is 13.2. The van der Waals surface area contributed by atoms with Gasteiger partial charge in [-0.15, -0.1) is 0 Å². The number of hydrogen-bond acceptors (Lipinski definition) is 3. The van der Waals surface area contributed by atoms with Gasteiger partial charge in [0.15, 0.2) is 0 Å². The van der Waals surface area contributed by atoms with Gasteiger partial charge < -0.3 is 15.0 Å². The lowest BCUT2D eigenvalue weighted by Gasteiger charge is -2.40. The van der Waals surface area contributed by atoms with Crippen LogP contribution in [0.2, 0.25) is 0 Å². The van der Waals surface area contributed by atoms with Crippen molar-refractivity contribution in [3.05, 3.63) is 29.8 Å². The molecule has 21 heavy (non-hydrogen) atoms. The summed E-state index contributed by atoms with van der Waals surface area (Å²) in [7, 11) is 1.84. The van der Waals surface area contributed by atoms with Crippen molar-refractivity contribution in [3.63, 3.8) is 0 Å². The van der Waals surface area contributed by atoms with Crippen LogP contribution >= 0.6 is 0 Å². The minimum atomic E-state index is 0.119. The zero-order chi connectivity index (χ0) is 14.5. The van der Waals surface area contributed by atoms with Gasteiger partial charge in [0.1, 0.15) is 0 Å². The summed E-state index contributed by atoms with van der Waals surface area (Å²) in [5, 5.41) is 3.56. The molecule has 1 saturated heterocycles. The summed E-state index contributed by atoms with van der Waals surface area (Å²) in [5.41, 5.74) is 2.86. The maximum Gasteiger partial charge on any atom is 0.0802 e. The molecule has 3 heteroatoms. The summed E-state index contributed by atoms with van der Waals surface area (Å²) in [6.45, 7) is 4.34. The molecular formula is C18H28N2O. The quantitative estimate of drug-likeness (QED) is 0.869. The predicted octanol–water partition coefficient (Wildman–Crippen LogP) is 3.34. The minimum absolute atomic E-state index is 0.119. The fourth-order valence-electron chi connectivity index (χ4n) is 3.44.